The highest BCUT2D eigenvalue weighted by Gasteiger charge is 2.46. The van der Waals surface area contributed by atoms with Crippen molar-refractivity contribution >= 4 is 153 Å². The van der Waals surface area contributed by atoms with Crippen molar-refractivity contribution in [3.05, 3.63) is 251 Å². The van der Waals surface area contributed by atoms with Crippen LogP contribution in [0.15, 0.2) is 218 Å². The molecule has 4 aliphatic carbocycles. The Hall–Kier alpha value is -10.5. The molecule has 0 amide bonds. The van der Waals surface area contributed by atoms with Gasteiger partial charge in [0, 0.05) is 147 Å². The van der Waals surface area contributed by atoms with Gasteiger partial charge >= 0.3 is 31.5 Å². The number of hydrogen-bond donors (Lipinski definition) is 3. The van der Waals surface area contributed by atoms with Crippen LogP contribution in [0.5, 0.6) is 0 Å². The molecule has 10 aliphatic rings. The highest BCUT2D eigenvalue weighted by atomic mass is 79.9. The Labute approximate surface area is 829 Å². The number of pyridine rings is 4. The number of fused-ring (bicyclic) bond motifs is 6. The van der Waals surface area contributed by atoms with Crippen LogP contribution in [0.25, 0.3) is 5.69 Å². The minimum absolute atomic E-state index is 0.00148. The van der Waals surface area contributed by atoms with Gasteiger partial charge in [-0.1, -0.05) is 94.1 Å². The second-order valence-electron chi connectivity index (χ2n) is 34.1. The van der Waals surface area contributed by atoms with Crippen LogP contribution in [0.1, 0.15) is 190 Å². The van der Waals surface area contributed by atoms with Crippen molar-refractivity contribution in [3.63, 3.8) is 0 Å². The van der Waals surface area contributed by atoms with Crippen LogP contribution in [0.4, 0.5) is 11.4 Å². The number of nitrogens with two attached hydrogens (primary N) is 1. The van der Waals surface area contributed by atoms with Crippen LogP contribution in [0.3, 0.4) is 0 Å². The van der Waals surface area contributed by atoms with Gasteiger partial charge in [-0.05, 0) is 223 Å². The van der Waals surface area contributed by atoms with Crippen LogP contribution in [-0.4, -0.2) is 243 Å². The van der Waals surface area contributed by atoms with E-state index in [1.165, 1.54) is 41.3 Å². The topological polar surface area (TPSA) is 413 Å². The van der Waals surface area contributed by atoms with Crippen molar-refractivity contribution in [2.75, 3.05) is 87.6 Å². The molecule has 0 spiro atoms. The Bertz CT molecular complexity index is 5930. The van der Waals surface area contributed by atoms with Crippen molar-refractivity contribution in [1.29, 1.82) is 0 Å². The molecule has 0 radical (unpaired) electrons. The number of carbonyl (C=O) groups is 6. The first-order chi connectivity index (χ1) is 66.5. The number of Topliss-reactive ketones (excluding diaryl/α,β-unsaturated/α-hetero) is 1. The molecule has 2 unspecified atom stereocenters. The summed E-state index contributed by atoms with van der Waals surface area (Å²) in [5, 5.41) is 28.3. The van der Waals surface area contributed by atoms with Gasteiger partial charge in [0.2, 0.25) is 5.90 Å². The lowest BCUT2D eigenvalue weighted by Crippen LogP contribution is -2.44. The number of carbonyl (C=O) groups excluding carboxylic acids is 6. The second kappa shape index (κ2) is 49.9. The number of rotatable bonds is 27. The molecule has 5 aromatic heterocycles. The quantitative estimate of drug-likeness (QED) is 0.0186. The molecule has 4 saturated carbocycles. The maximum Gasteiger partial charge on any atom is 0.397 e. The van der Waals surface area contributed by atoms with E-state index in [0.29, 0.717) is 143 Å². The molecule has 4 aromatic carbocycles. The summed E-state index contributed by atoms with van der Waals surface area (Å²) in [5.41, 5.74) is 18.6. The zero-order valence-corrected chi connectivity index (χ0v) is 83.9. The van der Waals surface area contributed by atoms with Crippen molar-refractivity contribution in [2.24, 2.45) is 53.4 Å². The second-order valence-corrected chi connectivity index (χ2v) is 40.0. The van der Waals surface area contributed by atoms with Crippen LogP contribution >= 0.6 is 71.4 Å². The van der Waals surface area contributed by atoms with Crippen molar-refractivity contribution in [1.82, 2.24) is 44.0 Å². The molecule has 6 atom stereocenters. The van der Waals surface area contributed by atoms with Crippen LogP contribution in [0.2, 0.25) is 0 Å². The predicted molar refractivity (Wildman–Crippen MR) is 533 cm³/mol. The molecule has 4 N–H and O–H groups in total. The van der Waals surface area contributed by atoms with Crippen LogP contribution in [-0.2, 0) is 72.7 Å². The van der Waals surface area contributed by atoms with Gasteiger partial charge in [0.05, 0.1) is 136 Å². The third kappa shape index (κ3) is 28.2. The van der Waals surface area contributed by atoms with Gasteiger partial charge in [-0.15, -0.1) is 10.2 Å². The molecule has 720 valence electrons. The van der Waals surface area contributed by atoms with E-state index in [1.54, 1.807) is 24.8 Å². The molecular formula is C100H111Br4N16O16P. The number of hydrogen-bond acceptors (Lipinski definition) is 29. The number of ketones is 1. The van der Waals surface area contributed by atoms with Gasteiger partial charge in [-0.25, -0.2) is 18.9 Å². The lowest BCUT2D eigenvalue weighted by Gasteiger charge is -2.41. The van der Waals surface area contributed by atoms with E-state index in [1.807, 2.05) is 143 Å². The summed E-state index contributed by atoms with van der Waals surface area (Å²) in [6.45, 7) is 4.08. The van der Waals surface area contributed by atoms with Gasteiger partial charge < -0.3 is 53.7 Å². The highest BCUT2D eigenvalue weighted by molar-refractivity contribution is 9.11. The minimum atomic E-state index is -3.60. The number of halogens is 4. The Morgan fingerprint density at radius 1 is 0.489 bits per heavy atom. The van der Waals surface area contributed by atoms with Crippen LogP contribution in [0, 0.1) is 17.8 Å². The first-order valence-electron chi connectivity index (χ1n) is 46.1. The van der Waals surface area contributed by atoms with Gasteiger partial charge in [0.1, 0.15) is 30.2 Å². The lowest BCUT2D eigenvalue weighted by atomic mass is 9.97. The number of benzene rings is 4. The standard InChI is InChI=1S/C26H31BrN5O6P.C24H26BrN3O3.C22H20BrN5O2.C19H17BrN2O3.C5H11NO.C4H6O/c1-35-24(33)8-7-23-26(38-39(34,31-10-14-36-15-11-31)32-12-16-37-17-13-32)30-21-6-5-19(27)18-20(21)25(29-23)22-4-2-3-9-28-22;1-31-23(30)12-10-20-19(9-11-22(29)15-5-6-15)27-18-8-7-16(25)14-17(18)24(28-20)21-4-2-3-13-26-21;1-30-19(29)10-8-17-22-27-26-21(13-5-6-13)28(22)18-9-7-14(23)12-15(18)20(25-17)16-4-2-3-11-24-16;1-25-18(24)8-7-15-17(23)10-12-5-6-13(20)11-14(12)19(22-15)16-4-2-3-9-21-16;6-3-5(7)4-1-2-4;5-3-4-1-2-4/h2-6,9,18,23H,7-8,10-17H2,1H3;2-4,7-8,13-15,20,22,29H,5-6,9-12H2,1H3;2-4,7,9,11-13,17H,5-6,8,10H2,1H3;2-6,9,11,15H,7-8,10H2,1H3;4-5,7H,1-3,6H2;3-4H,1-2H2/t23-;20-,22?;17-;15-;;/m0000../s1. The van der Waals surface area contributed by atoms with E-state index < -0.39 is 19.8 Å². The number of aliphatic imine (C=N–C) groups is 6. The maximum atomic E-state index is 14.8. The maximum absolute atomic E-state index is 14.8. The van der Waals surface area contributed by atoms with Gasteiger partial charge in [0.25, 0.3) is 0 Å². The van der Waals surface area contributed by atoms with Crippen LogP contribution < -0.4 is 5.73 Å². The summed E-state index contributed by atoms with van der Waals surface area (Å²) < 4.78 is 61.2. The van der Waals surface area contributed by atoms with E-state index in [9.17, 15) is 38.4 Å². The zero-order chi connectivity index (χ0) is 96.5. The van der Waals surface area contributed by atoms with E-state index in [4.69, 9.17) is 69.0 Å². The fourth-order valence-electron chi connectivity index (χ4n) is 16.0. The molecule has 6 fully saturated rings. The number of esters is 4. The summed E-state index contributed by atoms with van der Waals surface area (Å²) in [5.74, 6) is 2.50. The average molecular weight is 2140 g/mol. The largest absolute Gasteiger partial charge is 0.469 e. The lowest BCUT2D eigenvalue weighted by molar-refractivity contribution is -0.141. The van der Waals surface area contributed by atoms with Gasteiger partial charge in [-0.2, -0.15) is 0 Å². The first kappa shape index (κ1) is 102. The smallest absolute Gasteiger partial charge is 0.397 e. The average Bonchev–Trinajstić information content (AvgIpc) is 1.59. The minimum Gasteiger partial charge on any atom is -0.469 e. The molecule has 137 heavy (non-hydrogen) atoms. The molecule has 37 heteroatoms. The van der Waals surface area contributed by atoms with Crippen molar-refractivity contribution in [3.8, 4) is 5.69 Å². The van der Waals surface area contributed by atoms with E-state index in [0.717, 1.165) is 142 Å². The summed E-state index contributed by atoms with van der Waals surface area (Å²) in [6.07, 6.45) is 20.4. The Morgan fingerprint density at radius 3 is 1.34 bits per heavy atom. The molecule has 2 saturated heterocycles. The third-order valence-corrected chi connectivity index (χ3v) is 28.8. The van der Waals surface area contributed by atoms with Gasteiger partial charge in [-0.3, -0.25) is 73.4 Å². The SMILES string of the molecule is COC(=O)CC[C@@H]1N=C(c2ccccn2)c2cc(Br)ccc2-n2c(C3CC3)nnc21.COC(=O)CC[C@@H]1N=C(c2ccccn2)c2cc(Br)ccc2CC1=O.COC(=O)CC[C@@H]1N=C(c2ccccn2)c2cc(Br)ccc2N=C1CCC(O)C1CC1.COC(=O)CC[C@@H]1N=C(c2ccccn2)c2cc(Br)ccc2N=C1OP(=O)(N1CCOCC1)N1CCOCC1.NCC(O)C1CC1.O=CC1CC1. The van der Waals surface area contributed by atoms with E-state index >= 15 is 0 Å². The molecule has 11 heterocycles. The number of ether oxygens (including phenoxy) is 6. The Kier molecular flexibility index (Phi) is 37.3. The zero-order valence-electron chi connectivity index (χ0n) is 76.7. The van der Waals surface area contributed by atoms with Gasteiger partial charge in [0.15, 0.2) is 11.6 Å². The fraction of sp³-hybridized carbons (Fsp3) is 0.420. The fourth-order valence-corrected chi connectivity index (χ4v) is 19.8. The third-order valence-electron chi connectivity index (χ3n) is 24.2. The normalized spacial score (nSPS) is 19.2. The van der Waals surface area contributed by atoms with E-state index in [-0.39, 0.29) is 98.4 Å². The first-order valence-corrected chi connectivity index (χ1v) is 50.8. The predicted octanol–water partition coefficient (Wildman–Crippen LogP) is 16.1. The Morgan fingerprint density at radius 2 is 0.898 bits per heavy atom. The number of morpholine rings is 2. The number of aldehydes is 1. The molecule has 6 aliphatic heterocycles. The molecule has 19 rings (SSSR count). The van der Waals surface area contributed by atoms with Crippen molar-refractivity contribution < 1.29 is 76.5 Å². The Balaban J connectivity index is 0.000000141. The number of methoxy groups -OCH3 is 4. The number of aliphatic hydroxyl groups excluding tert-OH is 2. The molecule has 0 bridgehead atoms. The molecule has 32 nitrogen and oxygen atoms in total. The number of aliphatic hydroxyl groups is 2. The van der Waals surface area contributed by atoms with E-state index in [2.05, 4.69) is 115 Å². The highest BCUT2D eigenvalue weighted by Crippen LogP contribution is 2.56. The molecule has 9 aromatic rings. The van der Waals surface area contributed by atoms with Crippen molar-refractivity contribution in [2.45, 2.75) is 164 Å². The summed E-state index contributed by atoms with van der Waals surface area (Å²) in [6, 6.07) is 44.4. The monoisotopic (exact) mass is 2140 g/mol. The number of aromatic nitrogens is 7. The number of nitrogens with zero attached hydrogens (tertiary/aromatic N) is 15. The summed E-state index contributed by atoms with van der Waals surface area (Å²) >= 11 is 14.2. The summed E-state index contributed by atoms with van der Waals surface area (Å²) in [7, 11) is 1.89. The summed E-state index contributed by atoms with van der Waals surface area (Å²) in [4.78, 5) is 117. The molecular weight excluding hydrogens is 2030 g/mol.